The van der Waals surface area contributed by atoms with Crippen LogP contribution >= 0.6 is 0 Å². The number of amides is 1. The van der Waals surface area contributed by atoms with E-state index < -0.39 is 9.84 Å². The van der Waals surface area contributed by atoms with Crippen molar-refractivity contribution in [3.8, 4) is 0 Å². The number of hydrogen-bond donors (Lipinski definition) is 0. The minimum absolute atomic E-state index is 0.0573. The summed E-state index contributed by atoms with van der Waals surface area (Å²) in [5.74, 6) is 0.528. The second kappa shape index (κ2) is 6.82. The molecule has 0 bridgehead atoms. The largest absolute Gasteiger partial charge is 0.312 e. The zero-order chi connectivity index (χ0) is 16.3. The van der Waals surface area contributed by atoms with Crippen LogP contribution in [-0.2, 0) is 14.6 Å². The van der Waals surface area contributed by atoms with Crippen LogP contribution in [0, 0.1) is 5.92 Å². The van der Waals surface area contributed by atoms with Crippen LogP contribution in [0.5, 0.6) is 0 Å². The molecule has 22 heavy (non-hydrogen) atoms. The monoisotopic (exact) mass is 323 g/mol. The molecule has 122 valence electrons. The van der Waals surface area contributed by atoms with E-state index in [1.165, 1.54) is 5.56 Å². The molecule has 1 aliphatic heterocycles. The first kappa shape index (κ1) is 17.0. The lowest BCUT2D eigenvalue weighted by molar-refractivity contribution is -0.118. The molecule has 0 aliphatic carbocycles. The van der Waals surface area contributed by atoms with Gasteiger partial charge in [-0.25, -0.2) is 8.42 Å². The second-order valence-electron chi connectivity index (χ2n) is 6.55. The predicted octanol–water partition coefficient (Wildman–Crippen LogP) is 2.99. The molecule has 2 rings (SSSR count). The highest BCUT2D eigenvalue weighted by Crippen LogP contribution is 2.34. The van der Waals surface area contributed by atoms with E-state index in [4.69, 9.17) is 0 Å². The van der Waals surface area contributed by atoms with Crippen LogP contribution in [-0.4, -0.2) is 32.4 Å². The Labute approximate surface area is 133 Å². The number of anilines is 1. The van der Waals surface area contributed by atoms with Crippen molar-refractivity contribution in [1.29, 1.82) is 0 Å². The fourth-order valence-electron chi connectivity index (χ4n) is 2.98. The Morgan fingerprint density at radius 1 is 1.32 bits per heavy atom. The maximum atomic E-state index is 12.5. The van der Waals surface area contributed by atoms with Crippen LogP contribution in [0.3, 0.4) is 0 Å². The average Bonchev–Trinajstić information content (AvgIpc) is 2.44. The van der Waals surface area contributed by atoms with E-state index in [1.54, 1.807) is 4.90 Å². The standard InChI is InChI=1S/C17H25NO3S/c1-13(2)12-22(20,21)11-9-17(19)18-10-8-14(3)15-6-4-5-7-16(15)18/h4-7,13-14H,8-12H2,1-3H3/t14-/m0/s1. The zero-order valence-electron chi connectivity index (χ0n) is 13.6. The van der Waals surface area contributed by atoms with Gasteiger partial charge in [0.1, 0.15) is 0 Å². The molecule has 0 unspecified atom stereocenters. The first-order chi connectivity index (χ1) is 10.3. The van der Waals surface area contributed by atoms with Gasteiger partial charge in [0.25, 0.3) is 0 Å². The van der Waals surface area contributed by atoms with Crippen molar-refractivity contribution in [1.82, 2.24) is 0 Å². The Hall–Kier alpha value is -1.36. The molecule has 4 nitrogen and oxygen atoms in total. The van der Waals surface area contributed by atoms with Crippen molar-refractivity contribution in [2.24, 2.45) is 5.92 Å². The molecule has 5 heteroatoms. The summed E-state index contributed by atoms with van der Waals surface area (Å²) in [6, 6.07) is 7.91. The number of hydrogen-bond acceptors (Lipinski definition) is 3. The first-order valence-electron chi connectivity index (χ1n) is 7.90. The van der Waals surface area contributed by atoms with Crippen molar-refractivity contribution >= 4 is 21.4 Å². The maximum absolute atomic E-state index is 12.5. The summed E-state index contributed by atoms with van der Waals surface area (Å²) >= 11 is 0. The van der Waals surface area contributed by atoms with E-state index in [2.05, 4.69) is 13.0 Å². The highest BCUT2D eigenvalue weighted by Gasteiger charge is 2.27. The van der Waals surface area contributed by atoms with E-state index in [0.29, 0.717) is 12.5 Å². The van der Waals surface area contributed by atoms with Gasteiger partial charge >= 0.3 is 0 Å². The van der Waals surface area contributed by atoms with E-state index in [-0.39, 0.29) is 29.8 Å². The maximum Gasteiger partial charge on any atom is 0.228 e. The zero-order valence-corrected chi connectivity index (χ0v) is 14.4. The quantitative estimate of drug-likeness (QED) is 0.837. The molecule has 0 fully saturated rings. The summed E-state index contributed by atoms with van der Waals surface area (Å²) in [7, 11) is -3.15. The third-order valence-corrected chi connectivity index (χ3v) is 6.06. The normalized spacial score (nSPS) is 18.4. The number of carbonyl (C=O) groups excluding carboxylic acids is 1. The lowest BCUT2D eigenvalue weighted by Crippen LogP contribution is -2.37. The number of nitrogens with zero attached hydrogens (tertiary/aromatic N) is 1. The van der Waals surface area contributed by atoms with Crippen molar-refractivity contribution in [2.75, 3.05) is 23.0 Å². The smallest absolute Gasteiger partial charge is 0.228 e. The molecule has 0 aromatic heterocycles. The minimum Gasteiger partial charge on any atom is -0.312 e. The molecule has 0 saturated carbocycles. The summed E-state index contributed by atoms with van der Waals surface area (Å²) < 4.78 is 23.9. The van der Waals surface area contributed by atoms with Gasteiger partial charge in [0, 0.05) is 18.7 Å². The summed E-state index contributed by atoms with van der Waals surface area (Å²) in [6.07, 6.45) is 0.985. The SMILES string of the molecule is CC(C)CS(=O)(=O)CCC(=O)N1CC[C@H](C)c2ccccc21. The predicted molar refractivity (Wildman–Crippen MR) is 89.9 cm³/mol. The summed E-state index contributed by atoms with van der Waals surface area (Å²) in [6.45, 7) is 6.58. The van der Waals surface area contributed by atoms with Crippen LogP contribution in [0.2, 0.25) is 0 Å². The van der Waals surface area contributed by atoms with Crippen LogP contribution < -0.4 is 4.90 Å². The van der Waals surface area contributed by atoms with Crippen LogP contribution in [0.4, 0.5) is 5.69 Å². The Bertz CT molecular complexity index is 637. The highest BCUT2D eigenvalue weighted by atomic mass is 32.2. The molecule has 0 spiro atoms. The topological polar surface area (TPSA) is 54.5 Å². The fourth-order valence-corrected chi connectivity index (χ4v) is 4.64. The molecule has 0 radical (unpaired) electrons. The molecule has 0 N–H and O–H groups in total. The van der Waals surface area contributed by atoms with Crippen LogP contribution in [0.25, 0.3) is 0 Å². The van der Waals surface area contributed by atoms with E-state index >= 15 is 0 Å². The van der Waals surface area contributed by atoms with Gasteiger partial charge in [-0.2, -0.15) is 0 Å². The number of rotatable bonds is 5. The van der Waals surface area contributed by atoms with E-state index in [0.717, 1.165) is 12.1 Å². The van der Waals surface area contributed by atoms with Crippen molar-refractivity contribution in [2.45, 2.75) is 39.5 Å². The molecular weight excluding hydrogens is 298 g/mol. The van der Waals surface area contributed by atoms with Crippen LogP contribution in [0.1, 0.15) is 45.1 Å². The second-order valence-corrected chi connectivity index (χ2v) is 8.78. The third kappa shape index (κ3) is 4.09. The minimum atomic E-state index is -3.15. The highest BCUT2D eigenvalue weighted by molar-refractivity contribution is 7.91. The Morgan fingerprint density at radius 2 is 2.00 bits per heavy atom. The van der Waals surface area contributed by atoms with Crippen molar-refractivity contribution in [3.05, 3.63) is 29.8 Å². The van der Waals surface area contributed by atoms with Gasteiger partial charge in [0.05, 0.1) is 11.5 Å². The Balaban J connectivity index is 2.07. The number of fused-ring (bicyclic) bond motifs is 1. The van der Waals surface area contributed by atoms with E-state index in [9.17, 15) is 13.2 Å². The summed E-state index contributed by atoms with van der Waals surface area (Å²) in [5, 5.41) is 0. The molecule has 1 aromatic rings. The third-order valence-electron chi connectivity index (χ3n) is 4.06. The average molecular weight is 323 g/mol. The summed E-state index contributed by atoms with van der Waals surface area (Å²) in [4.78, 5) is 14.2. The van der Waals surface area contributed by atoms with Gasteiger partial charge in [-0.1, -0.05) is 39.0 Å². The number of para-hydroxylation sites is 1. The lowest BCUT2D eigenvalue weighted by atomic mass is 9.91. The number of sulfone groups is 1. The number of carbonyl (C=O) groups is 1. The molecule has 1 aromatic carbocycles. The molecule has 1 amide bonds. The molecule has 1 aliphatic rings. The van der Waals surface area contributed by atoms with Gasteiger partial charge < -0.3 is 4.90 Å². The van der Waals surface area contributed by atoms with E-state index in [1.807, 2.05) is 32.0 Å². The van der Waals surface area contributed by atoms with Crippen molar-refractivity contribution in [3.63, 3.8) is 0 Å². The van der Waals surface area contributed by atoms with Gasteiger partial charge in [0.15, 0.2) is 9.84 Å². The molecule has 1 heterocycles. The first-order valence-corrected chi connectivity index (χ1v) is 9.72. The molecule has 1 atom stereocenters. The molecular formula is C17H25NO3S. The Morgan fingerprint density at radius 3 is 2.68 bits per heavy atom. The van der Waals surface area contributed by atoms with Crippen molar-refractivity contribution < 1.29 is 13.2 Å². The van der Waals surface area contributed by atoms with Gasteiger partial charge in [-0.05, 0) is 29.9 Å². The summed E-state index contributed by atoms with van der Waals surface area (Å²) in [5.41, 5.74) is 2.11. The van der Waals surface area contributed by atoms with Gasteiger partial charge in [0.2, 0.25) is 5.91 Å². The van der Waals surface area contributed by atoms with Gasteiger partial charge in [-0.3, -0.25) is 4.79 Å². The number of benzene rings is 1. The Kier molecular flexibility index (Phi) is 5.27. The molecule has 0 saturated heterocycles. The fraction of sp³-hybridized carbons (Fsp3) is 0.588. The van der Waals surface area contributed by atoms with Gasteiger partial charge in [-0.15, -0.1) is 0 Å². The van der Waals surface area contributed by atoms with Crippen LogP contribution in [0.15, 0.2) is 24.3 Å². The lowest BCUT2D eigenvalue weighted by Gasteiger charge is -2.33.